The number of carbonyl (C=O) groups excluding carboxylic acids is 1. The number of rotatable bonds is 3. The molecule has 0 bridgehead atoms. The zero-order valence-corrected chi connectivity index (χ0v) is 9.57. The van der Waals surface area contributed by atoms with Gasteiger partial charge in [0.05, 0.1) is 11.0 Å². The Bertz CT molecular complexity index is 507. The molecule has 1 atom stereocenters. The van der Waals surface area contributed by atoms with Gasteiger partial charge in [-0.15, -0.1) is 0 Å². The summed E-state index contributed by atoms with van der Waals surface area (Å²) in [4.78, 5) is 19.4. The first-order chi connectivity index (χ1) is 8.33. The number of benzene rings is 1. The van der Waals surface area contributed by atoms with Gasteiger partial charge in [0, 0.05) is 12.5 Å². The molecule has 0 radical (unpaired) electrons. The lowest BCUT2D eigenvalue weighted by molar-refractivity contribution is 0.0963. The number of para-hydroxylation sites is 2. The number of aromatic nitrogens is 2. The molecule has 0 spiro atoms. The summed E-state index contributed by atoms with van der Waals surface area (Å²) in [7, 11) is 0. The van der Waals surface area contributed by atoms with Crippen molar-refractivity contribution in [2.24, 2.45) is 0 Å². The first-order valence-corrected chi connectivity index (χ1v) is 6.04. The predicted molar refractivity (Wildman–Crippen MR) is 66.1 cm³/mol. The topological polar surface area (TPSA) is 57.8 Å². The maximum atomic E-state index is 12.0. The van der Waals surface area contributed by atoms with Crippen LogP contribution < -0.4 is 5.32 Å². The van der Waals surface area contributed by atoms with Gasteiger partial charge < -0.3 is 10.3 Å². The number of hydrogen-bond donors (Lipinski definition) is 2. The molecule has 1 unspecified atom stereocenters. The largest absolute Gasteiger partial charge is 0.335 e. The van der Waals surface area contributed by atoms with E-state index in [2.05, 4.69) is 15.3 Å². The second kappa shape index (κ2) is 4.30. The standard InChI is InChI=1S/C13H15N3O/c17-12(8-9-4-3-7-14-9)13-15-10-5-1-2-6-11(10)16-13/h1-2,5-6,9,14H,3-4,7-8H2,(H,15,16). The van der Waals surface area contributed by atoms with Crippen molar-refractivity contribution in [3.8, 4) is 0 Å². The molecule has 1 aromatic heterocycles. The van der Waals surface area contributed by atoms with Crippen LogP contribution in [-0.4, -0.2) is 28.3 Å². The summed E-state index contributed by atoms with van der Waals surface area (Å²) in [6, 6.07) is 8.04. The molecule has 1 aliphatic heterocycles. The molecule has 17 heavy (non-hydrogen) atoms. The smallest absolute Gasteiger partial charge is 0.199 e. The Morgan fingerprint density at radius 3 is 3.06 bits per heavy atom. The third-order valence-corrected chi connectivity index (χ3v) is 3.25. The summed E-state index contributed by atoms with van der Waals surface area (Å²) in [6.07, 6.45) is 2.80. The van der Waals surface area contributed by atoms with Crippen LogP contribution in [0.4, 0.5) is 0 Å². The van der Waals surface area contributed by atoms with Gasteiger partial charge in [-0.1, -0.05) is 12.1 Å². The molecule has 0 aliphatic carbocycles. The van der Waals surface area contributed by atoms with Crippen molar-refractivity contribution in [3.05, 3.63) is 30.1 Å². The molecule has 88 valence electrons. The molecule has 2 heterocycles. The maximum Gasteiger partial charge on any atom is 0.199 e. The molecule has 0 saturated carbocycles. The predicted octanol–water partition coefficient (Wildman–Crippen LogP) is 1.89. The van der Waals surface area contributed by atoms with Gasteiger partial charge in [0.1, 0.15) is 0 Å². The van der Waals surface area contributed by atoms with E-state index in [0.717, 1.165) is 30.4 Å². The van der Waals surface area contributed by atoms with E-state index in [-0.39, 0.29) is 5.78 Å². The second-order valence-electron chi connectivity index (χ2n) is 4.52. The van der Waals surface area contributed by atoms with Crippen molar-refractivity contribution >= 4 is 16.8 Å². The van der Waals surface area contributed by atoms with Crippen molar-refractivity contribution < 1.29 is 4.79 Å². The minimum atomic E-state index is 0.0978. The number of fused-ring (bicyclic) bond motifs is 1. The quantitative estimate of drug-likeness (QED) is 0.790. The molecule has 1 saturated heterocycles. The van der Waals surface area contributed by atoms with Crippen LogP contribution >= 0.6 is 0 Å². The van der Waals surface area contributed by atoms with Crippen molar-refractivity contribution in [1.82, 2.24) is 15.3 Å². The monoisotopic (exact) mass is 229 g/mol. The molecule has 1 aliphatic rings. The maximum absolute atomic E-state index is 12.0. The lowest BCUT2D eigenvalue weighted by atomic mass is 10.1. The highest BCUT2D eigenvalue weighted by Gasteiger charge is 2.20. The number of H-pyrrole nitrogens is 1. The molecule has 0 amide bonds. The molecule has 4 heteroatoms. The second-order valence-corrected chi connectivity index (χ2v) is 4.52. The first-order valence-electron chi connectivity index (χ1n) is 6.04. The molecule has 4 nitrogen and oxygen atoms in total. The highest BCUT2D eigenvalue weighted by molar-refractivity contribution is 5.96. The van der Waals surface area contributed by atoms with E-state index in [1.165, 1.54) is 0 Å². The van der Waals surface area contributed by atoms with Crippen LogP contribution in [0.25, 0.3) is 11.0 Å². The van der Waals surface area contributed by atoms with Gasteiger partial charge >= 0.3 is 0 Å². The molecule has 1 fully saturated rings. The normalized spacial score (nSPS) is 19.9. The van der Waals surface area contributed by atoms with Gasteiger partial charge in [0.15, 0.2) is 11.6 Å². The summed E-state index contributed by atoms with van der Waals surface area (Å²) < 4.78 is 0. The minimum absolute atomic E-state index is 0.0978. The van der Waals surface area contributed by atoms with Crippen molar-refractivity contribution in [2.75, 3.05) is 6.54 Å². The average Bonchev–Trinajstić information content (AvgIpc) is 2.96. The Hall–Kier alpha value is -1.68. The van der Waals surface area contributed by atoms with E-state index in [1.54, 1.807) is 0 Å². The molecular weight excluding hydrogens is 214 g/mol. The van der Waals surface area contributed by atoms with E-state index >= 15 is 0 Å². The first kappa shape index (κ1) is 10.5. The van der Waals surface area contributed by atoms with Crippen LogP contribution in [0, 0.1) is 0 Å². The summed E-state index contributed by atoms with van der Waals surface area (Å²) in [5, 5.41) is 3.33. The van der Waals surface area contributed by atoms with Crippen LogP contribution in [0.5, 0.6) is 0 Å². The van der Waals surface area contributed by atoms with Gasteiger partial charge in [0.25, 0.3) is 0 Å². The number of nitrogens with one attached hydrogen (secondary N) is 2. The number of ketones is 1. The minimum Gasteiger partial charge on any atom is -0.335 e. The molecule has 2 aromatic rings. The molecule has 1 aromatic carbocycles. The number of nitrogens with zero attached hydrogens (tertiary/aromatic N) is 1. The Kier molecular flexibility index (Phi) is 2.65. The summed E-state index contributed by atoms with van der Waals surface area (Å²) in [6.45, 7) is 1.03. The highest BCUT2D eigenvalue weighted by atomic mass is 16.1. The van der Waals surface area contributed by atoms with E-state index < -0.39 is 0 Å². The lowest BCUT2D eigenvalue weighted by Gasteiger charge is -2.06. The number of hydrogen-bond acceptors (Lipinski definition) is 3. The SMILES string of the molecule is O=C(CC1CCCN1)c1nc2ccccc2[nH]1. The van der Waals surface area contributed by atoms with E-state index in [0.29, 0.717) is 18.3 Å². The zero-order valence-electron chi connectivity index (χ0n) is 9.57. The third kappa shape index (κ3) is 2.08. The molecule has 2 N–H and O–H groups in total. The average molecular weight is 229 g/mol. The van der Waals surface area contributed by atoms with Crippen LogP contribution in [0.15, 0.2) is 24.3 Å². The van der Waals surface area contributed by atoms with Crippen LogP contribution in [-0.2, 0) is 0 Å². The number of carbonyl (C=O) groups is 1. The van der Waals surface area contributed by atoms with Gasteiger partial charge in [0.2, 0.25) is 0 Å². The van der Waals surface area contributed by atoms with Crippen molar-refractivity contribution in [2.45, 2.75) is 25.3 Å². The van der Waals surface area contributed by atoms with Gasteiger partial charge in [-0.2, -0.15) is 0 Å². The number of imidazole rings is 1. The van der Waals surface area contributed by atoms with Crippen molar-refractivity contribution in [3.63, 3.8) is 0 Å². The Morgan fingerprint density at radius 2 is 2.29 bits per heavy atom. The Balaban J connectivity index is 1.80. The third-order valence-electron chi connectivity index (χ3n) is 3.25. The lowest BCUT2D eigenvalue weighted by Crippen LogP contribution is -2.24. The Labute approximate surface area is 99.4 Å². The molecular formula is C13H15N3O. The summed E-state index contributed by atoms with van der Waals surface area (Å²) in [5.74, 6) is 0.584. The number of Topliss-reactive ketones (excluding diaryl/α,β-unsaturated/α-hetero) is 1. The fourth-order valence-corrected chi connectivity index (χ4v) is 2.34. The Morgan fingerprint density at radius 1 is 1.41 bits per heavy atom. The summed E-state index contributed by atoms with van der Waals surface area (Å²) in [5.41, 5.74) is 1.78. The van der Waals surface area contributed by atoms with E-state index in [4.69, 9.17) is 0 Å². The number of aromatic amines is 1. The van der Waals surface area contributed by atoms with Crippen LogP contribution in [0.1, 0.15) is 29.9 Å². The van der Waals surface area contributed by atoms with Crippen LogP contribution in [0.2, 0.25) is 0 Å². The van der Waals surface area contributed by atoms with Crippen LogP contribution in [0.3, 0.4) is 0 Å². The zero-order chi connectivity index (χ0) is 11.7. The van der Waals surface area contributed by atoms with E-state index in [9.17, 15) is 4.79 Å². The van der Waals surface area contributed by atoms with Gasteiger partial charge in [-0.25, -0.2) is 4.98 Å². The summed E-state index contributed by atoms with van der Waals surface area (Å²) >= 11 is 0. The fourth-order valence-electron chi connectivity index (χ4n) is 2.34. The molecule has 3 rings (SSSR count). The highest BCUT2D eigenvalue weighted by Crippen LogP contribution is 2.14. The van der Waals surface area contributed by atoms with E-state index in [1.807, 2.05) is 24.3 Å². The fraction of sp³-hybridized carbons (Fsp3) is 0.385. The van der Waals surface area contributed by atoms with Gasteiger partial charge in [-0.3, -0.25) is 4.79 Å². The van der Waals surface area contributed by atoms with Gasteiger partial charge in [-0.05, 0) is 31.5 Å². The van der Waals surface area contributed by atoms with Crippen molar-refractivity contribution in [1.29, 1.82) is 0 Å².